The molecule has 1 aliphatic heterocycles. The Kier molecular flexibility index (Phi) is 12.3. The Morgan fingerprint density at radius 2 is 2.03 bits per heavy atom. The van der Waals surface area contributed by atoms with Crippen LogP contribution in [0.25, 0.3) is 0 Å². The van der Waals surface area contributed by atoms with Gasteiger partial charge in [-0.2, -0.15) is 8.78 Å². The maximum atomic E-state index is 12.8. The van der Waals surface area contributed by atoms with Crippen LogP contribution in [0.3, 0.4) is 0 Å². The van der Waals surface area contributed by atoms with Gasteiger partial charge in [-0.1, -0.05) is 6.92 Å². The van der Waals surface area contributed by atoms with Gasteiger partial charge in [-0.15, -0.1) is 24.0 Å². The Morgan fingerprint density at radius 1 is 1.27 bits per heavy atom. The molecule has 1 saturated heterocycles. The van der Waals surface area contributed by atoms with Crippen molar-refractivity contribution in [2.45, 2.75) is 32.5 Å². The van der Waals surface area contributed by atoms with Crippen LogP contribution in [0.4, 0.5) is 8.78 Å². The van der Waals surface area contributed by atoms with Crippen LogP contribution in [-0.2, 0) is 6.54 Å². The largest absolute Gasteiger partial charge is 0.493 e. The number of benzene rings is 1. The zero-order valence-electron chi connectivity index (χ0n) is 18.2. The number of alkyl halides is 2. The first-order valence-corrected chi connectivity index (χ1v) is 9.96. The van der Waals surface area contributed by atoms with Crippen molar-refractivity contribution in [3.05, 3.63) is 23.8 Å². The standard InChI is InChI=1S/C20H33F2N5O2.HI/c1-5-10-28-17-7-6-15(18(11-17)29-19(21)22)12-24-20(23-2)25-13-16-14-26(3)8-9-27(16)4;/h6-7,11,16,19H,5,8-10,12-14H2,1-4H3,(H2,23,24,25);1H. The Hall–Kier alpha value is -1.40. The average molecular weight is 541 g/mol. The quantitative estimate of drug-likeness (QED) is 0.285. The smallest absolute Gasteiger partial charge is 0.387 e. The molecule has 0 aliphatic carbocycles. The zero-order valence-corrected chi connectivity index (χ0v) is 20.5. The first-order valence-electron chi connectivity index (χ1n) is 9.96. The highest BCUT2D eigenvalue weighted by molar-refractivity contribution is 14.0. The Balaban J connectivity index is 0.00000450. The number of hydrogen-bond donors (Lipinski definition) is 2. The van der Waals surface area contributed by atoms with E-state index in [-0.39, 0.29) is 29.7 Å². The van der Waals surface area contributed by atoms with E-state index in [9.17, 15) is 8.78 Å². The Bertz CT molecular complexity index is 666. The molecular weight excluding hydrogens is 507 g/mol. The van der Waals surface area contributed by atoms with E-state index in [4.69, 9.17) is 4.74 Å². The molecule has 1 fully saturated rings. The third kappa shape index (κ3) is 8.76. The summed E-state index contributed by atoms with van der Waals surface area (Å²) in [6.45, 7) is 3.71. The average Bonchev–Trinajstić information content (AvgIpc) is 2.69. The number of hydrogen-bond acceptors (Lipinski definition) is 5. The van der Waals surface area contributed by atoms with Crippen LogP contribution < -0.4 is 20.1 Å². The van der Waals surface area contributed by atoms with Crippen molar-refractivity contribution >= 4 is 29.9 Å². The second kappa shape index (κ2) is 13.8. The van der Waals surface area contributed by atoms with E-state index in [2.05, 4.69) is 44.3 Å². The van der Waals surface area contributed by atoms with Crippen molar-refractivity contribution in [1.82, 2.24) is 20.4 Å². The van der Waals surface area contributed by atoms with Gasteiger partial charge in [0.25, 0.3) is 0 Å². The van der Waals surface area contributed by atoms with E-state index in [1.165, 1.54) is 6.07 Å². The summed E-state index contributed by atoms with van der Waals surface area (Å²) in [7, 11) is 5.92. The van der Waals surface area contributed by atoms with Crippen LogP contribution in [-0.4, -0.2) is 82.3 Å². The van der Waals surface area contributed by atoms with Crippen molar-refractivity contribution in [2.24, 2.45) is 4.99 Å². The monoisotopic (exact) mass is 541 g/mol. The topological polar surface area (TPSA) is 61.4 Å². The molecule has 1 aromatic carbocycles. The summed E-state index contributed by atoms with van der Waals surface area (Å²) in [5.41, 5.74) is 0.603. The summed E-state index contributed by atoms with van der Waals surface area (Å²) >= 11 is 0. The van der Waals surface area contributed by atoms with E-state index < -0.39 is 6.61 Å². The lowest BCUT2D eigenvalue weighted by molar-refractivity contribution is -0.0505. The van der Waals surface area contributed by atoms with Gasteiger partial charge in [-0.25, -0.2) is 0 Å². The number of nitrogens with zero attached hydrogens (tertiary/aromatic N) is 3. The van der Waals surface area contributed by atoms with Gasteiger partial charge in [0, 0.05) is 57.4 Å². The van der Waals surface area contributed by atoms with Crippen LogP contribution in [0, 0.1) is 0 Å². The number of likely N-dealkylation sites (N-methyl/N-ethyl adjacent to an activating group) is 2. The molecule has 1 heterocycles. The van der Waals surface area contributed by atoms with Gasteiger partial charge in [0.2, 0.25) is 0 Å². The lowest BCUT2D eigenvalue weighted by Crippen LogP contribution is -2.55. The number of ether oxygens (including phenoxy) is 2. The lowest BCUT2D eigenvalue weighted by atomic mass is 10.2. The molecule has 1 unspecified atom stereocenters. The molecule has 10 heteroatoms. The molecule has 7 nitrogen and oxygen atoms in total. The van der Waals surface area contributed by atoms with E-state index in [1.54, 1.807) is 19.2 Å². The predicted molar refractivity (Wildman–Crippen MR) is 126 cm³/mol. The fourth-order valence-corrected chi connectivity index (χ4v) is 3.13. The molecular formula is C20H34F2IN5O2. The summed E-state index contributed by atoms with van der Waals surface area (Å²) in [5.74, 6) is 1.23. The maximum absolute atomic E-state index is 12.8. The van der Waals surface area contributed by atoms with E-state index in [1.807, 2.05) is 6.92 Å². The number of guanidine groups is 1. The minimum Gasteiger partial charge on any atom is -0.493 e. The van der Waals surface area contributed by atoms with E-state index in [0.717, 1.165) is 32.6 Å². The Labute approximate surface area is 195 Å². The van der Waals surface area contributed by atoms with E-state index >= 15 is 0 Å². The van der Waals surface area contributed by atoms with Crippen LogP contribution >= 0.6 is 24.0 Å². The van der Waals surface area contributed by atoms with Crippen LogP contribution in [0.1, 0.15) is 18.9 Å². The molecule has 0 saturated carbocycles. The highest BCUT2D eigenvalue weighted by atomic mass is 127. The third-order valence-electron chi connectivity index (χ3n) is 4.88. The zero-order chi connectivity index (χ0) is 21.2. The molecule has 2 N–H and O–H groups in total. The lowest BCUT2D eigenvalue weighted by Gasteiger charge is -2.37. The molecule has 0 bridgehead atoms. The molecule has 172 valence electrons. The van der Waals surface area contributed by atoms with Crippen molar-refractivity contribution in [2.75, 3.05) is 53.9 Å². The highest BCUT2D eigenvalue weighted by Crippen LogP contribution is 2.26. The highest BCUT2D eigenvalue weighted by Gasteiger charge is 2.22. The molecule has 1 atom stereocenters. The van der Waals surface area contributed by atoms with Gasteiger partial charge in [0.15, 0.2) is 5.96 Å². The molecule has 0 amide bonds. The summed E-state index contributed by atoms with van der Waals surface area (Å²) < 4.78 is 35.8. The number of nitrogens with one attached hydrogen (secondary N) is 2. The second-order valence-electron chi connectivity index (χ2n) is 7.20. The summed E-state index contributed by atoms with van der Waals surface area (Å²) in [6.07, 6.45) is 0.836. The van der Waals surface area contributed by atoms with Crippen molar-refractivity contribution in [3.63, 3.8) is 0 Å². The van der Waals surface area contributed by atoms with Crippen LogP contribution in [0.5, 0.6) is 11.5 Å². The van der Waals surface area contributed by atoms with Gasteiger partial charge >= 0.3 is 6.61 Å². The summed E-state index contributed by atoms with van der Waals surface area (Å²) in [4.78, 5) is 8.86. The van der Waals surface area contributed by atoms with Gasteiger partial charge < -0.3 is 25.0 Å². The molecule has 0 aromatic heterocycles. The molecule has 1 aliphatic rings. The number of piperazine rings is 1. The fraction of sp³-hybridized carbons (Fsp3) is 0.650. The van der Waals surface area contributed by atoms with Crippen molar-refractivity contribution < 1.29 is 18.3 Å². The Morgan fingerprint density at radius 3 is 2.70 bits per heavy atom. The van der Waals surface area contributed by atoms with Gasteiger partial charge in [-0.3, -0.25) is 9.89 Å². The molecule has 2 rings (SSSR count). The van der Waals surface area contributed by atoms with Crippen LogP contribution in [0.15, 0.2) is 23.2 Å². The van der Waals surface area contributed by atoms with Crippen molar-refractivity contribution in [3.8, 4) is 11.5 Å². The summed E-state index contributed by atoms with van der Waals surface area (Å²) in [6, 6.07) is 5.36. The van der Waals surface area contributed by atoms with Crippen molar-refractivity contribution in [1.29, 1.82) is 0 Å². The number of rotatable bonds is 9. The van der Waals surface area contributed by atoms with Gasteiger partial charge in [-0.05, 0) is 32.6 Å². The van der Waals surface area contributed by atoms with E-state index in [0.29, 0.717) is 36.5 Å². The SMILES string of the molecule is CCCOc1ccc(CNC(=NC)NCC2CN(C)CCN2C)c(OC(F)F)c1.I. The van der Waals surface area contributed by atoms with Gasteiger partial charge in [0.1, 0.15) is 11.5 Å². The molecule has 30 heavy (non-hydrogen) atoms. The number of halogens is 3. The maximum Gasteiger partial charge on any atom is 0.387 e. The molecule has 0 spiro atoms. The fourth-order valence-electron chi connectivity index (χ4n) is 3.13. The minimum absolute atomic E-state index is 0. The normalized spacial score (nSPS) is 18.1. The molecule has 1 aromatic rings. The summed E-state index contributed by atoms with van der Waals surface area (Å²) in [5, 5.41) is 6.49. The third-order valence-corrected chi connectivity index (χ3v) is 4.88. The minimum atomic E-state index is -2.90. The molecule has 0 radical (unpaired) electrons. The second-order valence-corrected chi connectivity index (χ2v) is 7.20. The van der Waals surface area contributed by atoms with Crippen LogP contribution in [0.2, 0.25) is 0 Å². The van der Waals surface area contributed by atoms with Gasteiger partial charge in [0.05, 0.1) is 6.61 Å². The number of aliphatic imine (C=N–C) groups is 1. The predicted octanol–water partition coefficient (Wildman–Crippen LogP) is 2.61. The first-order chi connectivity index (χ1) is 13.9. The first kappa shape index (κ1) is 26.6.